The highest BCUT2D eigenvalue weighted by atomic mass is 16.5. The zero-order chi connectivity index (χ0) is 13.8. The third-order valence-electron chi connectivity index (χ3n) is 3.36. The van der Waals surface area contributed by atoms with Crippen LogP contribution < -0.4 is 5.73 Å². The van der Waals surface area contributed by atoms with Crippen molar-refractivity contribution >= 4 is 5.91 Å². The van der Waals surface area contributed by atoms with Crippen molar-refractivity contribution in [1.82, 2.24) is 4.90 Å². The van der Waals surface area contributed by atoms with Crippen LogP contribution in [0.1, 0.15) is 46.5 Å². The SMILES string of the molecule is CCOCCN(CC)C(=O)CCC(CC)CCN. The third kappa shape index (κ3) is 7.67. The van der Waals surface area contributed by atoms with E-state index in [0.717, 1.165) is 25.8 Å². The van der Waals surface area contributed by atoms with Crippen LogP contribution in [0.5, 0.6) is 0 Å². The first-order valence-electron chi connectivity index (χ1n) is 7.25. The van der Waals surface area contributed by atoms with Gasteiger partial charge in [0.2, 0.25) is 5.91 Å². The van der Waals surface area contributed by atoms with Gasteiger partial charge in [0.15, 0.2) is 0 Å². The van der Waals surface area contributed by atoms with Crippen molar-refractivity contribution < 1.29 is 9.53 Å². The minimum Gasteiger partial charge on any atom is -0.380 e. The van der Waals surface area contributed by atoms with Crippen LogP contribution in [-0.2, 0) is 9.53 Å². The van der Waals surface area contributed by atoms with Crippen molar-refractivity contribution in [2.24, 2.45) is 11.7 Å². The molecule has 1 unspecified atom stereocenters. The number of hydrogen-bond donors (Lipinski definition) is 1. The van der Waals surface area contributed by atoms with E-state index < -0.39 is 0 Å². The summed E-state index contributed by atoms with van der Waals surface area (Å²) in [6.45, 7) is 9.68. The van der Waals surface area contributed by atoms with Gasteiger partial charge in [-0.25, -0.2) is 0 Å². The molecule has 0 aliphatic rings. The average molecular weight is 258 g/mol. The Hall–Kier alpha value is -0.610. The molecule has 1 atom stereocenters. The van der Waals surface area contributed by atoms with Crippen LogP contribution in [0.3, 0.4) is 0 Å². The highest BCUT2D eigenvalue weighted by Crippen LogP contribution is 2.15. The Bertz CT molecular complexity index is 210. The summed E-state index contributed by atoms with van der Waals surface area (Å²) in [5.74, 6) is 0.831. The predicted octanol–water partition coefficient (Wildman–Crippen LogP) is 2.03. The van der Waals surface area contributed by atoms with E-state index in [-0.39, 0.29) is 5.91 Å². The highest BCUT2D eigenvalue weighted by molar-refractivity contribution is 5.76. The van der Waals surface area contributed by atoms with E-state index in [2.05, 4.69) is 6.92 Å². The van der Waals surface area contributed by atoms with Crippen LogP contribution in [0.4, 0.5) is 0 Å². The first-order chi connectivity index (χ1) is 8.69. The summed E-state index contributed by atoms with van der Waals surface area (Å²) >= 11 is 0. The lowest BCUT2D eigenvalue weighted by Gasteiger charge is -2.22. The number of carbonyl (C=O) groups excluding carboxylic acids is 1. The molecule has 0 aromatic rings. The Morgan fingerprint density at radius 2 is 2.00 bits per heavy atom. The van der Waals surface area contributed by atoms with Gasteiger partial charge in [-0.1, -0.05) is 13.3 Å². The highest BCUT2D eigenvalue weighted by Gasteiger charge is 2.14. The van der Waals surface area contributed by atoms with Crippen LogP contribution in [0, 0.1) is 5.92 Å². The van der Waals surface area contributed by atoms with Crippen molar-refractivity contribution in [1.29, 1.82) is 0 Å². The molecule has 0 saturated heterocycles. The first kappa shape index (κ1) is 17.4. The molecule has 0 aromatic carbocycles. The molecule has 0 rings (SSSR count). The third-order valence-corrected chi connectivity index (χ3v) is 3.36. The van der Waals surface area contributed by atoms with Crippen molar-refractivity contribution in [3.8, 4) is 0 Å². The van der Waals surface area contributed by atoms with Gasteiger partial charge >= 0.3 is 0 Å². The molecule has 0 spiro atoms. The molecular weight excluding hydrogens is 228 g/mol. The maximum atomic E-state index is 12.0. The number of ether oxygens (including phenoxy) is 1. The van der Waals surface area contributed by atoms with Gasteiger partial charge in [0, 0.05) is 26.1 Å². The zero-order valence-corrected chi connectivity index (χ0v) is 12.3. The lowest BCUT2D eigenvalue weighted by Crippen LogP contribution is -2.34. The summed E-state index contributed by atoms with van der Waals surface area (Å²) in [6, 6.07) is 0. The Kier molecular flexibility index (Phi) is 11.1. The second kappa shape index (κ2) is 11.5. The quantitative estimate of drug-likeness (QED) is 0.577. The topological polar surface area (TPSA) is 55.6 Å². The molecule has 0 radical (unpaired) electrons. The summed E-state index contributed by atoms with van der Waals surface area (Å²) in [5.41, 5.74) is 5.57. The number of nitrogens with two attached hydrogens (primary N) is 1. The van der Waals surface area contributed by atoms with E-state index in [1.54, 1.807) is 0 Å². The van der Waals surface area contributed by atoms with Crippen LogP contribution in [0.2, 0.25) is 0 Å². The molecule has 4 nitrogen and oxygen atoms in total. The summed E-state index contributed by atoms with van der Waals surface area (Å²) in [5, 5.41) is 0. The largest absolute Gasteiger partial charge is 0.380 e. The molecule has 0 saturated carbocycles. The lowest BCUT2D eigenvalue weighted by molar-refractivity contribution is -0.132. The van der Waals surface area contributed by atoms with Gasteiger partial charge in [-0.2, -0.15) is 0 Å². The van der Waals surface area contributed by atoms with Gasteiger partial charge in [-0.3, -0.25) is 4.79 Å². The molecule has 108 valence electrons. The minimum absolute atomic E-state index is 0.243. The van der Waals surface area contributed by atoms with E-state index in [0.29, 0.717) is 38.6 Å². The smallest absolute Gasteiger partial charge is 0.222 e. The van der Waals surface area contributed by atoms with Crippen molar-refractivity contribution in [3.63, 3.8) is 0 Å². The second-order valence-electron chi connectivity index (χ2n) is 4.56. The fourth-order valence-corrected chi connectivity index (χ4v) is 2.05. The monoisotopic (exact) mass is 258 g/mol. The fourth-order valence-electron chi connectivity index (χ4n) is 2.05. The van der Waals surface area contributed by atoms with Crippen LogP contribution in [-0.4, -0.2) is 43.7 Å². The van der Waals surface area contributed by atoms with E-state index in [1.165, 1.54) is 0 Å². The number of carbonyl (C=O) groups is 1. The van der Waals surface area contributed by atoms with Gasteiger partial charge in [0.05, 0.1) is 6.61 Å². The maximum absolute atomic E-state index is 12.0. The summed E-state index contributed by atoms with van der Waals surface area (Å²) in [6.07, 6.45) is 3.72. The standard InChI is InChI=1S/C14H30N2O2/c1-4-13(9-10-15)7-8-14(17)16(5-2)11-12-18-6-3/h13H,4-12,15H2,1-3H3. The number of likely N-dealkylation sites (N-methyl/N-ethyl adjacent to an activating group) is 1. The molecule has 4 heteroatoms. The molecule has 0 fully saturated rings. The normalized spacial score (nSPS) is 12.4. The molecule has 0 aliphatic heterocycles. The molecule has 0 aromatic heterocycles. The first-order valence-corrected chi connectivity index (χ1v) is 7.25. The fraction of sp³-hybridized carbons (Fsp3) is 0.929. The lowest BCUT2D eigenvalue weighted by atomic mass is 9.96. The Morgan fingerprint density at radius 1 is 1.28 bits per heavy atom. The number of nitrogens with zero attached hydrogens (tertiary/aromatic N) is 1. The van der Waals surface area contributed by atoms with Gasteiger partial charge in [0.25, 0.3) is 0 Å². The Labute approximate surface area is 112 Å². The molecule has 2 N–H and O–H groups in total. The molecular formula is C14H30N2O2. The average Bonchev–Trinajstić information content (AvgIpc) is 2.39. The zero-order valence-electron chi connectivity index (χ0n) is 12.3. The van der Waals surface area contributed by atoms with Crippen molar-refractivity contribution in [2.75, 3.05) is 32.8 Å². The molecule has 0 heterocycles. The summed E-state index contributed by atoms with van der Waals surface area (Å²) in [4.78, 5) is 13.9. The number of hydrogen-bond acceptors (Lipinski definition) is 3. The maximum Gasteiger partial charge on any atom is 0.222 e. The van der Waals surface area contributed by atoms with Crippen molar-refractivity contribution in [2.45, 2.75) is 46.5 Å². The van der Waals surface area contributed by atoms with E-state index >= 15 is 0 Å². The van der Waals surface area contributed by atoms with E-state index in [1.807, 2.05) is 18.7 Å². The molecule has 18 heavy (non-hydrogen) atoms. The van der Waals surface area contributed by atoms with Gasteiger partial charge in [-0.05, 0) is 39.2 Å². The van der Waals surface area contributed by atoms with E-state index in [4.69, 9.17) is 10.5 Å². The number of rotatable bonds is 11. The van der Waals surface area contributed by atoms with Crippen LogP contribution in [0.25, 0.3) is 0 Å². The predicted molar refractivity (Wildman–Crippen MR) is 75.4 cm³/mol. The Balaban J connectivity index is 3.94. The van der Waals surface area contributed by atoms with Gasteiger partial charge in [0.1, 0.15) is 0 Å². The van der Waals surface area contributed by atoms with E-state index in [9.17, 15) is 4.79 Å². The second-order valence-corrected chi connectivity index (χ2v) is 4.56. The molecule has 0 bridgehead atoms. The summed E-state index contributed by atoms with van der Waals surface area (Å²) < 4.78 is 5.29. The summed E-state index contributed by atoms with van der Waals surface area (Å²) in [7, 11) is 0. The van der Waals surface area contributed by atoms with Gasteiger partial charge in [-0.15, -0.1) is 0 Å². The van der Waals surface area contributed by atoms with Crippen LogP contribution in [0.15, 0.2) is 0 Å². The van der Waals surface area contributed by atoms with Crippen LogP contribution >= 0.6 is 0 Å². The minimum atomic E-state index is 0.243. The Morgan fingerprint density at radius 3 is 2.50 bits per heavy atom. The number of amides is 1. The molecule has 0 aliphatic carbocycles. The van der Waals surface area contributed by atoms with Crippen molar-refractivity contribution in [3.05, 3.63) is 0 Å². The molecule has 1 amide bonds. The van der Waals surface area contributed by atoms with Gasteiger partial charge < -0.3 is 15.4 Å².